The van der Waals surface area contributed by atoms with Crippen LogP contribution in [0.1, 0.15) is 25.3 Å². The predicted molar refractivity (Wildman–Crippen MR) is 82.8 cm³/mol. The average Bonchev–Trinajstić information content (AvgIpc) is 2.52. The summed E-state index contributed by atoms with van der Waals surface area (Å²) in [4.78, 5) is 12.2. The highest BCUT2D eigenvalue weighted by atomic mass is 32.2. The zero-order chi connectivity index (χ0) is 15.9. The molecular formula is C15H23NO4S. The maximum Gasteiger partial charge on any atom is 0.317 e. The fraction of sp³-hybridized carbons (Fsp3) is 0.533. The molecule has 1 aromatic rings. The first-order chi connectivity index (χ1) is 9.91. The summed E-state index contributed by atoms with van der Waals surface area (Å²) < 4.78 is 28.1. The van der Waals surface area contributed by atoms with Crippen LogP contribution in [0, 0.1) is 0 Å². The molecule has 1 atom stereocenters. The molecule has 0 amide bonds. The number of benzene rings is 1. The molecule has 0 fully saturated rings. The summed E-state index contributed by atoms with van der Waals surface area (Å²) in [7, 11) is -1.74. The molecule has 1 unspecified atom stereocenters. The average molecular weight is 313 g/mol. The van der Waals surface area contributed by atoms with Crippen LogP contribution in [0.3, 0.4) is 0 Å². The van der Waals surface area contributed by atoms with Gasteiger partial charge in [0.2, 0.25) is 0 Å². The first kappa shape index (κ1) is 17.7. The zero-order valence-corrected chi connectivity index (χ0v) is 13.4. The molecule has 118 valence electrons. The number of methoxy groups -OCH3 is 1. The molecule has 0 spiro atoms. The van der Waals surface area contributed by atoms with Gasteiger partial charge in [-0.1, -0.05) is 37.3 Å². The van der Waals surface area contributed by atoms with Crippen molar-refractivity contribution in [3.63, 3.8) is 0 Å². The van der Waals surface area contributed by atoms with Gasteiger partial charge in [0, 0.05) is 12.3 Å². The van der Waals surface area contributed by atoms with Crippen LogP contribution in [0.25, 0.3) is 0 Å². The van der Waals surface area contributed by atoms with E-state index in [-0.39, 0.29) is 18.1 Å². The molecule has 0 saturated carbocycles. The summed E-state index contributed by atoms with van der Waals surface area (Å²) >= 11 is 0. The van der Waals surface area contributed by atoms with E-state index in [0.29, 0.717) is 12.8 Å². The standard InChI is InChI=1S/C15H23NO4S/c1-3-21(18,19)11-7-10-15(12-16,14(17)20-2)13-8-5-4-6-9-13/h4-6,8-9H,3,7,10-12,16H2,1-2H3. The SMILES string of the molecule is CCS(=O)(=O)CCCC(CN)(C(=O)OC)c1ccccc1. The van der Waals surface area contributed by atoms with Crippen molar-refractivity contribution in [2.24, 2.45) is 5.73 Å². The van der Waals surface area contributed by atoms with Crippen LogP contribution in [-0.2, 0) is 24.8 Å². The van der Waals surface area contributed by atoms with E-state index in [4.69, 9.17) is 10.5 Å². The summed E-state index contributed by atoms with van der Waals surface area (Å²) in [5, 5.41) is 0. The van der Waals surface area contributed by atoms with Crippen LogP contribution in [0.4, 0.5) is 0 Å². The molecule has 1 aromatic carbocycles. The van der Waals surface area contributed by atoms with Gasteiger partial charge in [-0.15, -0.1) is 0 Å². The lowest BCUT2D eigenvalue weighted by Gasteiger charge is -2.30. The van der Waals surface area contributed by atoms with Crippen LogP contribution in [-0.4, -0.2) is 39.5 Å². The van der Waals surface area contributed by atoms with Gasteiger partial charge in [0.15, 0.2) is 0 Å². The molecule has 0 radical (unpaired) electrons. The molecular weight excluding hydrogens is 290 g/mol. The highest BCUT2D eigenvalue weighted by Gasteiger charge is 2.39. The van der Waals surface area contributed by atoms with Gasteiger partial charge in [0.05, 0.1) is 12.9 Å². The van der Waals surface area contributed by atoms with Gasteiger partial charge < -0.3 is 10.5 Å². The zero-order valence-electron chi connectivity index (χ0n) is 12.5. The third-order valence-electron chi connectivity index (χ3n) is 3.75. The molecule has 0 aromatic heterocycles. The van der Waals surface area contributed by atoms with Gasteiger partial charge in [0.1, 0.15) is 15.3 Å². The van der Waals surface area contributed by atoms with Crippen LogP contribution < -0.4 is 5.73 Å². The summed E-state index contributed by atoms with van der Waals surface area (Å²) in [5.74, 6) is -0.272. The van der Waals surface area contributed by atoms with Gasteiger partial charge >= 0.3 is 5.97 Å². The molecule has 21 heavy (non-hydrogen) atoms. The van der Waals surface area contributed by atoms with E-state index in [0.717, 1.165) is 5.56 Å². The minimum Gasteiger partial charge on any atom is -0.468 e. The van der Waals surface area contributed by atoms with Gasteiger partial charge in [-0.25, -0.2) is 8.42 Å². The van der Waals surface area contributed by atoms with Crippen LogP contribution in [0.5, 0.6) is 0 Å². The number of ether oxygens (including phenoxy) is 1. The number of carbonyl (C=O) groups is 1. The Hall–Kier alpha value is -1.40. The smallest absolute Gasteiger partial charge is 0.317 e. The summed E-state index contributed by atoms with van der Waals surface area (Å²) in [6.45, 7) is 1.69. The van der Waals surface area contributed by atoms with Gasteiger partial charge in [0.25, 0.3) is 0 Å². The van der Waals surface area contributed by atoms with Crippen LogP contribution in [0.15, 0.2) is 30.3 Å². The van der Waals surface area contributed by atoms with E-state index in [1.165, 1.54) is 7.11 Å². The number of esters is 1. The Morgan fingerprint density at radius 2 is 1.90 bits per heavy atom. The van der Waals surface area contributed by atoms with Crippen molar-refractivity contribution in [3.05, 3.63) is 35.9 Å². The molecule has 0 aliphatic rings. The number of carbonyl (C=O) groups excluding carboxylic acids is 1. The Morgan fingerprint density at radius 3 is 2.38 bits per heavy atom. The minimum atomic E-state index is -3.06. The van der Waals surface area contributed by atoms with Crippen molar-refractivity contribution in [1.29, 1.82) is 0 Å². The van der Waals surface area contributed by atoms with Gasteiger partial charge in [-0.2, -0.15) is 0 Å². The maximum atomic E-state index is 12.2. The summed E-state index contributed by atoms with van der Waals surface area (Å²) in [5.41, 5.74) is 5.62. The second kappa shape index (κ2) is 7.56. The van der Waals surface area contributed by atoms with Crippen LogP contribution in [0.2, 0.25) is 0 Å². The normalized spacial score (nSPS) is 14.4. The van der Waals surface area contributed by atoms with Crippen molar-refractivity contribution in [3.8, 4) is 0 Å². The Morgan fingerprint density at radius 1 is 1.29 bits per heavy atom. The summed E-state index contributed by atoms with van der Waals surface area (Å²) in [6, 6.07) is 9.14. The molecule has 0 aliphatic carbocycles. The first-order valence-corrected chi connectivity index (χ1v) is 8.78. The minimum absolute atomic E-state index is 0.0507. The van der Waals surface area contributed by atoms with E-state index in [9.17, 15) is 13.2 Å². The van der Waals surface area contributed by atoms with E-state index in [1.807, 2.05) is 30.3 Å². The largest absolute Gasteiger partial charge is 0.468 e. The number of hydrogen-bond donors (Lipinski definition) is 1. The van der Waals surface area contributed by atoms with E-state index < -0.39 is 21.2 Å². The van der Waals surface area contributed by atoms with Crippen molar-refractivity contribution in [2.45, 2.75) is 25.2 Å². The predicted octanol–water partition coefficient (Wildman–Crippen LogP) is 1.27. The van der Waals surface area contributed by atoms with Crippen LogP contribution >= 0.6 is 0 Å². The lowest BCUT2D eigenvalue weighted by Crippen LogP contribution is -2.44. The second-order valence-electron chi connectivity index (χ2n) is 4.98. The van der Waals surface area contributed by atoms with E-state index in [2.05, 4.69) is 0 Å². The Balaban J connectivity index is 3.01. The number of sulfone groups is 1. The molecule has 0 aliphatic heterocycles. The highest BCUT2D eigenvalue weighted by Crippen LogP contribution is 2.30. The Labute approximate surface area is 126 Å². The monoisotopic (exact) mass is 313 g/mol. The summed E-state index contributed by atoms with van der Waals surface area (Å²) in [6.07, 6.45) is 0.719. The molecule has 0 bridgehead atoms. The lowest BCUT2D eigenvalue weighted by atomic mass is 9.77. The first-order valence-electron chi connectivity index (χ1n) is 6.96. The third kappa shape index (κ3) is 4.28. The molecule has 2 N–H and O–H groups in total. The molecule has 1 rings (SSSR count). The topological polar surface area (TPSA) is 86.5 Å². The molecule has 0 heterocycles. The third-order valence-corrected chi connectivity index (χ3v) is 5.54. The molecule has 0 saturated heterocycles. The van der Waals surface area contributed by atoms with Crippen molar-refractivity contribution in [2.75, 3.05) is 25.2 Å². The fourth-order valence-electron chi connectivity index (χ4n) is 2.36. The lowest BCUT2D eigenvalue weighted by molar-refractivity contribution is -0.147. The van der Waals surface area contributed by atoms with Crippen molar-refractivity contribution in [1.82, 2.24) is 0 Å². The van der Waals surface area contributed by atoms with E-state index >= 15 is 0 Å². The van der Waals surface area contributed by atoms with E-state index in [1.54, 1.807) is 6.92 Å². The molecule has 6 heteroatoms. The van der Waals surface area contributed by atoms with Gasteiger partial charge in [-0.3, -0.25) is 4.79 Å². The quantitative estimate of drug-likeness (QED) is 0.730. The molecule has 5 nitrogen and oxygen atoms in total. The Bertz CT molecular complexity index is 556. The Kier molecular flexibility index (Phi) is 6.36. The number of rotatable bonds is 8. The second-order valence-corrected chi connectivity index (χ2v) is 7.46. The van der Waals surface area contributed by atoms with Gasteiger partial charge in [-0.05, 0) is 18.4 Å². The maximum absolute atomic E-state index is 12.2. The number of nitrogens with two attached hydrogens (primary N) is 1. The van der Waals surface area contributed by atoms with Crippen molar-refractivity contribution >= 4 is 15.8 Å². The number of hydrogen-bond acceptors (Lipinski definition) is 5. The highest BCUT2D eigenvalue weighted by molar-refractivity contribution is 7.91. The van der Waals surface area contributed by atoms with Crippen molar-refractivity contribution < 1.29 is 17.9 Å². The fourth-order valence-corrected chi connectivity index (χ4v) is 3.23.